The number of carbonyl (C=O) groups excluding carboxylic acids is 2. The SMILES string of the molecule is CC(=O)OCCCCCCCCC[PH](c1ccccc1)(c1ccccc1)c1ccccc1.O=Cc1ccc(Cl)c([N+](=O)[O-])c1. The maximum Gasteiger partial charge on any atom is 0.288 e. The largest absolute Gasteiger partial charge is 0.298 e. The molecule has 0 saturated heterocycles. The number of halogens is 1. The van der Waals surface area contributed by atoms with E-state index < -0.39 is 12.2 Å². The van der Waals surface area contributed by atoms with E-state index in [1.165, 1.54) is 73.2 Å². The van der Waals surface area contributed by atoms with Gasteiger partial charge in [0.1, 0.15) is 11.3 Å². The van der Waals surface area contributed by atoms with Crippen LogP contribution in [0.25, 0.3) is 0 Å². The zero-order valence-corrected chi connectivity index (χ0v) is 27.0. The van der Waals surface area contributed by atoms with E-state index in [1.54, 1.807) is 0 Å². The topological polar surface area (TPSA) is 86.5 Å². The van der Waals surface area contributed by atoms with Crippen LogP contribution in [0.4, 0.5) is 5.69 Å². The van der Waals surface area contributed by atoms with Gasteiger partial charge in [0.2, 0.25) is 0 Å². The minimum Gasteiger partial charge on any atom is -0.298 e. The summed E-state index contributed by atoms with van der Waals surface area (Å²) < 4.78 is 5.02. The summed E-state index contributed by atoms with van der Waals surface area (Å²) in [5.74, 6) is -0.173. The number of rotatable bonds is 15. The second-order valence-corrected chi connectivity index (χ2v) is 15.1. The number of nitro groups is 1. The minimum absolute atomic E-state index is 0.0330. The van der Waals surface area contributed by atoms with Crippen molar-refractivity contribution in [3.05, 3.63) is 130 Å². The second kappa shape index (κ2) is 18.7. The number of hydrogen-bond acceptors (Lipinski definition) is 5. The maximum atomic E-state index is 10.8. The molecule has 0 unspecified atom stereocenters. The van der Waals surface area contributed by atoms with E-state index in [2.05, 4.69) is 91.0 Å². The Balaban J connectivity index is 0.000000369. The normalized spacial score (nSPS) is 11.1. The maximum absolute atomic E-state index is 10.8. The van der Waals surface area contributed by atoms with Crippen molar-refractivity contribution in [1.82, 2.24) is 0 Å². The van der Waals surface area contributed by atoms with Gasteiger partial charge in [0.25, 0.3) is 5.69 Å². The number of ether oxygens (including phenoxy) is 1. The van der Waals surface area contributed by atoms with Crippen LogP contribution in [0.1, 0.15) is 62.2 Å². The van der Waals surface area contributed by atoms with E-state index >= 15 is 0 Å². The first kappa shape index (κ1) is 34.6. The van der Waals surface area contributed by atoms with Gasteiger partial charge >= 0.3 is 194 Å². The molecule has 0 N–H and O–H groups in total. The van der Waals surface area contributed by atoms with E-state index in [0.717, 1.165) is 18.9 Å². The standard InChI is InChI=1S/C29H37O2P.C7H4ClNO3/c1-26(30)31-24-16-5-3-2-4-6-17-25-32(27-18-10-7-11-19-27,28-20-12-8-13-21-28)29-22-14-9-15-23-29;8-6-2-1-5(4-10)3-7(6)9(11)12/h7-15,18-23,32H,2-6,16-17,24-25H2,1H3;1-4H. The summed E-state index contributed by atoms with van der Waals surface area (Å²) in [7, 11) is -2.07. The Hall–Kier alpha value is -3.86. The van der Waals surface area contributed by atoms with Gasteiger partial charge in [0, 0.05) is 11.6 Å². The third-order valence-electron chi connectivity index (χ3n) is 7.60. The van der Waals surface area contributed by atoms with Crippen LogP contribution < -0.4 is 15.9 Å². The molecule has 8 heteroatoms. The Morgan fingerprint density at radius 2 is 1.20 bits per heavy atom. The van der Waals surface area contributed by atoms with Gasteiger partial charge in [-0.3, -0.25) is 14.9 Å². The molecule has 0 radical (unpaired) electrons. The van der Waals surface area contributed by atoms with Crippen LogP contribution in [0.5, 0.6) is 0 Å². The number of esters is 1. The molecule has 0 fully saturated rings. The van der Waals surface area contributed by atoms with Crippen molar-refractivity contribution in [3.63, 3.8) is 0 Å². The molecule has 232 valence electrons. The van der Waals surface area contributed by atoms with Crippen LogP contribution in [-0.2, 0) is 9.53 Å². The molecule has 0 aliphatic heterocycles. The molecule has 0 heterocycles. The Bertz CT molecular complexity index is 1350. The fraction of sp³-hybridized carbons (Fsp3) is 0.278. The fourth-order valence-electron chi connectivity index (χ4n) is 5.44. The predicted molar refractivity (Wildman–Crippen MR) is 184 cm³/mol. The number of unbranched alkanes of at least 4 members (excludes halogenated alkanes) is 6. The smallest absolute Gasteiger partial charge is 0.288 e. The zero-order chi connectivity index (χ0) is 31.6. The van der Waals surface area contributed by atoms with E-state index in [9.17, 15) is 19.7 Å². The van der Waals surface area contributed by atoms with Crippen LogP contribution >= 0.6 is 18.9 Å². The van der Waals surface area contributed by atoms with Gasteiger partial charge in [0.15, 0.2) is 0 Å². The van der Waals surface area contributed by atoms with Gasteiger partial charge in [-0.15, -0.1) is 0 Å². The third-order valence-corrected chi connectivity index (χ3v) is 13.0. The molecule has 0 aliphatic carbocycles. The van der Waals surface area contributed by atoms with Crippen LogP contribution in [0, 0.1) is 10.1 Å². The first-order valence-electron chi connectivity index (χ1n) is 15.1. The third kappa shape index (κ3) is 10.4. The fourth-order valence-corrected chi connectivity index (χ4v) is 10.6. The zero-order valence-electron chi connectivity index (χ0n) is 25.2. The number of nitrogens with zero attached hydrogens (tertiary/aromatic N) is 1. The molecular weight excluding hydrogens is 593 g/mol. The van der Waals surface area contributed by atoms with Crippen molar-refractivity contribution < 1.29 is 19.2 Å². The van der Waals surface area contributed by atoms with Gasteiger partial charge in [-0.05, 0) is 12.1 Å². The molecule has 44 heavy (non-hydrogen) atoms. The van der Waals surface area contributed by atoms with Gasteiger partial charge in [-0.2, -0.15) is 0 Å². The summed E-state index contributed by atoms with van der Waals surface area (Å²) in [6, 6.07) is 37.5. The van der Waals surface area contributed by atoms with Gasteiger partial charge < -0.3 is 0 Å². The molecule has 0 saturated carbocycles. The Kier molecular flexibility index (Phi) is 14.7. The van der Waals surface area contributed by atoms with E-state index in [4.69, 9.17) is 16.3 Å². The Morgan fingerprint density at radius 1 is 0.750 bits per heavy atom. The molecule has 4 aromatic rings. The van der Waals surface area contributed by atoms with Gasteiger partial charge in [-0.1, -0.05) is 11.6 Å². The molecule has 0 spiro atoms. The Labute approximate surface area is 265 Å². The van der Waals surface area contributed by atoms with Crippen molar-refractivity contribution in [3.8, 4) is 0 Å². The minimum atomic E-state index is -2.07. The van der Waals surface area contributed by atoms with E-state index in [-0.39, 0.29) is 22.2 Å². The van der Waals surface area contributed by atoms with Crippen LogP contribution in [0.3, 0.4) is 0 Å². The summed E-state index contributed by atoms with van der Waals surface area (Å²) in [5.41, 5.74) is -0.00707. The number of aldehydes is 1. The average molecular weight is 634 g/mol. The molecule has 4 aromatic carbocycles. The Morgan fingerprint density at radius 3 is 1.64 bits per heavy atom. The molecule has 0 atom stereocenters. The van der Waals surface area contributed by atoms with E-state index in [0.29, 0.717) is 12.9 Å². The van der Waals surface area contributed by atoms with E-state index in [1.807, 2.05) is 0 Å². The first-order valence-corrected chi connectivity index (χ1v) is 17.7. The molecule has 0 aliphatic rings. The van der Waals surface area contributed by atoms with Crippen molar-refractivity contribution in [2.75, 3.05) is 12.8 Å². The summed E-state index contributed by atoms with van der Waals surface area (Å²) in [6.07, 6.45) is 10.2. The van der Waals surface area contributed by atoms with Crippen LogP contribution in [0.15, 0.2) is 109 Å². The first-order chi connectivity index (χ1) is 21.4. The van der Waals surface area contributed by atoms with Gasteiger partial charge in [0.05, 0.1) is 4.92 Å². The molecule has 0 aromatic heterocycles. The number of carbonyl (C=O) groups is 2. The quantitative estimate of drug-likeness (QED) is 0.0330. The van der Waals surface area contributed by atoms with Crippen molar-refractivity contribution >= 4 is 52.7 Å². The molecule has 0 bridgehead atoms. The molecule has 0 amide bonds. The summed E-state index contributed by atoms with van der Waals surface area (Å²) in [4.78, 5) is 30.7. The monoisotopic (exact) mass is 633 g/mol. The number of nitro benzene ring substituents is 1. The second-order valence-electron chi connectivity index (χ2n) is 10.7. The average Bonchev–Trinajstić information content (AvgIpc) is 3.05. The van der Waals surface area contributed by atoms with Crippen molar-refractivity contribution in [2.45, 2.75) is 51.9 Å². The predicted octanol–water partition coefficient (Wildman–Crippen LogP) is 8.07. The van der Waals surface area contributed by atoms with Crippen LogP contribution in [0.2, 0.25) is 5.02 Å². The van der Waals surface area contributed by atoms with Crippen molar-refractivity contribution in [2.24, 2.45) is 0 Å². The summed E-state index contributed by atoms with van der Waals surface area (Å²) in [5, 5.41) is 14.8. The molecular formula is C36H41ClNO5P. The molecule has 6 nitrogen and oxygen atoms in total. The molecule has 4 rings (SSSR count). The summed E-state index contributed by atoms with van der Waals surface area (Å²) >= 11 is 5.49. The van der Waals surface area contributed by atoms with Gasteiger partial charge in [-0.25, -0.2) is 0 Å². The van der Waals surface area contributed by atoms with Crippen LogP contribution in [-0.4, -0.2) is 29.9 Å². The number of hydrogen-bond donors (Lipinski definition) is 0. The summed E-state index contributed by atoms with van der Waals surface area (Å²) in [6.45, 7) is 2.04. The number of benzene rings is 4. The van der Waals surface area contributed by atoms with Crippen molar-refractivity contribution in [1.29, 1.82) is 0 Å².